The average Bonchev–Trinajstić information content (AvgIpc) is 0.811. The molecule has 0 aromatic carbocycles. The Morgan fingerprint density at radius 1 is 1.00 bits per heavy atom. The SMILES string of the molecule is [Ni+3].[O-]P([O-])[O-]. The van der Waals surface area contributed by atoms with Crippen LogP contribution in [-0.4, -0.2) is 0 Å². The average molecular weight is 138 g/mol. The minimum atomic E-state index is -3.37. The van der Waals surface area contributed by atoms with Crippen LogP contribution in [0.4, 0.5) is 0 Å². The molecule has 0 rings (SSSR count). The van der Waals surface area contributed by atoms with Crippen LogP contribution in [0.3, 0.4) is 0 Å². The van der Waals surface area contributed by atoms with E-state index in [1.54, 1.807) is 0 Å². The molecule has 0 aliphatic heterocycles. The molecule has 0 bridgehead atoms. The minimum Gasteiger partial charge on any atom is -0.854 e. The smallest absolute Gasteiger partial charge is 0.854 e. The summed E-state index contributed by atoms with van der Waals surface area (Å²) in [6.07, 6.45) is 0. The normalized spacial score (nSPS) is 7.20. The van der Waals surface area contributed by atoms with Gasteiger partial charge in [-0.05, 0) is 0 Å². The van der Waals surface area contributed by atoms with E-state index in [-0.39, 0.29) is 16.5 Å². The zero-order valence-corrected chi connectivity index (χ0v) is 3.87. The maximum absolute atomic E-state index is 8.48. The molecule has 0 spiro atoms. The van der Waals surface area contributed by atoms with Gasteiger partial charge in [-0.3, -0.25) is 0 Å². The molecule has 1 radical (unpaired) electrons. The van der Waals surface area contributed by atoms with Crippen molar-refractivity contribution in [3.05, 3.63) is 0 Å². The molecule has 0 aliphatic rings. The Morgan fingerprint density at radius 2 is 1.00 bits per heavy atom. The number of hydrogen-bond acceptors (Lipinski definition) is 3. The molecule has 0 N–H and O–H groups in total. The summed E-state index contributed by atoms with van der Waals surface area (Å²) in [6.45, 7) is 0. The third-order valence-electron chi connectivity index (χ3n) is 0. The van der Waals surface area contributed by atoms with Gasteiger partial charge in [-0.1, -0.05) is 0 Å². The standard InChI is InChI=1S/Ni.O3P/c;1-4(2)3/q+3;-3. The topological polar surface area (TPSA) is 69.2 Å². The molecule has 0 aliphatic carbocycles. The van der Waals surface area contributed by atoms with Crippen LogP contribution < -0.4 is 14.7 Å². The van der Waals surface area contributed by atoms with Crippen LogP contribution in [0.15, 0.2) is 0 Å². The van der Waals surface area contributed by atoms with Gasteiger partial charge in [0.05, 0.1) is 0 Å². The first kappa shape index (κ1) is 9.26. The largest absolute Gasteiger partial charge is 3.00 e. The summed E-state index contributed by atoms with van der Waals surface area (Å²) in [5.41, 5.74) is 0. The van der Waals surface area contributed by atoms with E-state index in [9.17, 15) is 0 Å². The van der Waals surface area contributed by atoms with Crippen molar-refractivity contribution in [2.24, 2.45) is 0 Å². The monoisotopic (exact) mass is 137 g/mol. The van der Waals surface area contributed by atoms with Crippen molar-refractivity contribution in [2.75, 3.05) is 0 Å². The van der Waals surface area contributed by atoms with Crippen LogP contribution in [0.25, 0.3) is 0 Å². The van der Waals surface area contributed by atoms with E-state index in [4.69, 9.17) is 14.7 Å². The van der Waals surface area contributed by atoms with Crippen molar-refractivity contribution < 1.29 is 31.2 Å². The van der Waals surface area contributed by atoms with Crippen LogP contribution >= 0.6 is 8.60 Å². The van der Waals surface area contributed by atoms with Crippen LogP contribution in [0.5, 0.6) is 0 Å². The van der Waals surface area contributed by atoms with Crippen LogP contribution in [0, 0.1) is 0 Å². The van der Waals surface area contributed by atoms with Gasteiger partial charge in [0.15, 0.2) is 0 Å². The van der Waals surface area contributed by atoms with E-state index in [0.29, 0.717) is 0 Å². The van der Waals surface area contributed by atoms with Crippen LogP contribution in [0.2, 0.25) is 0 Å². The molecule has 0 saturated carbocycles. The molecule has 5 heavy (non-hydrogen) atoms. The fourth-order valence-electron chi connectivity index (χ4n) is 0. The summed E-state index contributed by atoms with van der Waals surface area (Å²) in [5.74, 6) is 0. The zero-order chi connectivity index (χ0) is 3.58. The predicted molar refractivity (Wildman–Crippen MR) is 6.92 cm³/mol. The minimum absolute atomic E-state index is 0. The molecule has 0 fully saturated rings. The number of rotatable bonds is 0. The Labute approximate surface area is 40.6 Å². The molecule has 0 atom stereocenters. The Morgan fingerprint density at radius 3 is 1.00 bits per heavy atom. The van der Waals surface area contributed by atoms with Crippen molar-refractivity contribution >= 4 is 8.60 Å². The molecule has 0 aromatic heterocycles. The Hall–Kier alpha value is 0.804. The van der Waals surface area contributed by atoms with E-state index in [2.05, 4.69) is 0 Å². The van der Waals surface area contributed by atoms with Crippen molar-refractivity contribution in [1.82, 2.24) is 0 Å². The molecule has 0 heterocycles. The quantitative estimate of drug-likeness (QED) is 0.269. The van der Waals surface area contributed by atoms with Crippen LogP contribution in [0.1, 0.15) is 0 Å². The fourth-order valence-corrected chi connectivity index (χ4v) is 0. The van der Waals surface area contributed by atoms with Gasteiger partial charge in [-0.25, -0.2) is 0 Å². The maximum atomic E-state index is 8.48. The van der Waals surface area contributed by atoms with Gasteiger partial charge in [-0.2, -0.15) is 0 Å². The van der Waals surface area contributed by atoms with Crippen molar-refractivity contribution in [2.45, 2.75) is 0 Å². The molecule has 0 amide bonds. The zero-order valence-electron chi connectivity index (χ0n) is 1.99. The first-order valence-electron chi connectivity index (χ1n) is 0.548. The summed E-state index contributed by atoms with van der Waals surface area (Å²) in [7, 11) is -3.37. The Kier molecular flexibility index (Phi) is 8.89. The summed E-state index contributed by atoms with van der Waals surface area (Å²) >= 11 is 0. The molecule has 0 saturated heterocycles. The van der Waals surface area contributed by atoms with E-state index in [1.165, 1.54) is 0 Å². The van der Waals surface area contributed by atoms with Crippen molar-refractivity contribution in [3.8, 4) is 0 Å². The van der Waals surface area contributed by atoms with Crippen LogP contribution in [-0.2, 0) is 16.5 Å². The molecule has 33 valence electrons. The van der Waals surface area contributed by atoms with E-state index < -0.39 is 8.60 Å². The summed E-state index contributed by atoms with van der Waals surface area (Å²) < 4.78 is 0. The van der Waals surface area contributed by atoms with Gasteiger partial charge < -0.3 is 23.3 Å². The van der Waals surface area contributed by atoms with Gasteiger partial charge in [0.25, 0.3) is 0 Å². The maximum Gasteiger partial charge on any atom is 3.00 e. The first-order chi connectivity index (χ1) is 1.73. The molecule has 5 heteroatoms. The summed E-state index contributed by atoms with van der Waals surface area (Å²) in [4.78, 5) is 25.4. The van der Waals surface area contributed by atoms with Gasteiger partial charge in [0.2, 0.25) is 0 Å². The molecular formula is NiO3P. The summed E-state index contributed by atoms with van der Waals surface area (Å²) in [6, 6.07) is 0. The molecule has 3 nitrogen and oxygen atoms in total. The van der Waals surface area contributed by atoms with E-state index in [0.717, 1.165) is 0 Å². The predicted octanol–water partition coefficient (Wildman–Crippen LogP) is -2.71. The first-order valence-corrected chi connectivity index (χ1v) is 1.64. The second-order valence-electron chi connectivity index (χ2n) is 0.224. The third kappa shape index (κ3) is 58.5. The van der Waals surface area contributed by atoms with Gasteiger partial charge >= 0.3 is 16.5 Å². The Bertz CT molecular complexity index is 11.6. The molecule has 0 unspecified atom stereocenters. The second kappa shape index (κ2) is 4.80. The fraction of sp³-hybridized carbons (Fsp3) is 0. The third-order valence-corrected chi connectivity index (χ3v) is 0. The number of hydrogen-bond donors (Lipinski definition) is 0. The second-order valence-corrected chi connectivity index (χ2v) is 0.671. The van der Waals surface area contributed by atoms with Gasteiger partial charge in [0, 0.05) is 0 Å². The van der Waals surface area contributed by atoms with Gasteiger partial charge in [-0.15, -0.1) is 0 Å². The van der Waals surface area contributed by atoms with Crippen molar-refractivity contribution in [3.63, 3.8) is 0 Å². The molecular weight excluding hydrogens is 138 g/mol. The van der Waals surface area contributed by atoms with E-state index in [1.807, 2.05) is 0 Å². The van der Waals surface area contributed by atoms with Crippen molar-refractivity contribution in [1.29, 1.82) is 0 Å². The molecule has 0 aromatic rings. The Balaban J connectivity index is 0. The summed E-state index contributed by atoms with van der Waals surface area (Å²) in [5, 5.41) is 0. The van der Waals surface area contributed by atoms with E-state index >= 15 is 0 Å². The van der Waals surface area contributed by atoms with Gasteiger partial charge in [0.1, 0.15) is 0 Å².